The van der Waals surface area contributed by atoms with Gasteiger partial charge in [0.05, 0.1) is 16.3 Å². The molecule has 1 fully saturated rings. The molecule has 0 aromatic carbocycles. The normalized spacial score (nSPS) is 15.8. The summed E-state index contributed by atoms with van der Waals surface area (Å²) in [5.74, 6) is 0.788. The molecular formula is C21H25N5O2S2. The highest BCUT2D eigenvalue weighted by Gasteiger charge is 2.26. The maximum Gasteiger partial charge on any atom is 0.264 e. The molecular weight excluding hydrogens is 418 g/mol. The lowest BCUT2D eigenvalue weighted by Gasteiger charge is -2.20. The Morgan fingerprint density at radius 3 is 2.90 bits per heavy atom. The highest BCUT2D eigenvalue weighted by atomic mass is 32.1. The molecule has 0 aliphatic carbocycles. The van der Waals surface area contributed by atoms with Gasteiger partial charge in [-0.25, -0.2) is 9.97 Å². The second-order valence-electron chi connectivity index (χ2n) is 7.37. The lowest BCUT2D eigenvalue weighted by molar-refractivity contribution is -0.118. The van der Waals surface area contributed by atoms with Crippen molar-refractivity contribution in [1.29, 1.82) is 0 Å². The van der Waals surface area contributed by atoms with E-state index in [1.165, 1.54) is 16.2 Å². The molecule has 1 unspecified atom stereocenters. The molecule has 4 rings (SSSR count). The molecule has 2 amide bonds. The largest absolute Gasteiger partial charge is 0.362 e. The van der Waals surface area contributed by atoms with Crippen molar-refractivity contribution in [3.8, 4) is 0 Å². The molecule has 9 heteroatoms. The Kier molecular flexibility index (Phi) is 6.29. The van der Waals surface area contributed by atoms with Crippen LogP contribution in [-0.4, -0.2) is 58.3 Å². The van der Waals surface area contributed by atoms with E-state index >= 15 is 0 Å². The van der Waals surface area contributed by atoms with Crippen LogP contribution in [0.25, 0.3) is 10.2 Å². The molecule has 30 heavy (non-hydrogen) atoms. The summed E-state index contributed by atoms with van der Waals surface area (Å²) in [6.07, 6.45) is 4.15. The average molecular weight is 444 g/mol. The Labute approximate surface area is 183 Å². The SMILES string of the molecule is CCC(Nc1ncnc2sc(C(=O)N3CCCN(C=O)CC3)c(C)c12)c1cccs1. The van der Waals surface area contributed by atoms with Crippen molar-refractivity contribution in [3.63, 3.8) is 0 Å². The molecule has 7 nitrogen and oxygen atoms in total. The first kappa shape index (κ1) is 20.7. The van der Waals surface area contributed by atoms with Gasteiger partial charge in [0.2, 0.25) is 6.41 Å². The van der Waals surface area contributed by atoms with Crippen LogP contribution >= 0.6 is 22.7 Å². The summed E-state index contributed by atoms with van der Waals surface area (Å²) in [7, 11) is 0. The number of fused-ring (bicyclic) bond motifs is 1. The van der Waals surface area contributed by atoms with E-state index in [4.69, 9.17) is 0 Å². The van der Waals surface area contributed by atoms with Crippen LogP contribution in [0.1, 0.15) is 45.9 Å². The molecule has 1 atom stereocenters. The maximum atomic E-state index is 13.3. The number of rotatable bonds is 6. The minimum absolute atomic E-state index is 0.0134. The lowest BCUT2D eigenvalue weighted by atomic mass is 10.1. The zero-order valence-corrected chi connectivity index (χ0v) is 18.8. The number of aromatic nitrogens is 2. The van der Waals surface area contributed by atoms with Crippen LogP contribution in [-0.2, 0) is 4.79 Å². The van der Waals surface area contributed by atoms with E-state index in [1.807, 2.05) is 11.8 Å². The van der Waals surface area contributed by atoms with Crippen molar-refractivity contribution < 1.29 is 9.59 Å². The maximum absolute atomic E-state index is 13.3. The van der Waals surface area contributed by atoms with Crippen LogP contribution in [0, 0.1) is 6.92 Å². The van der Waals surface area contributed by atoms with Gasteiger partial charge in [0.1, 0.15) is 17.0 Å². The Balaban J connectivity index is 1.63. The molecule has 1 N–H and O–H groups in total. The standard InChI is InChI=1S/C21H25N5O2S2/c1-3-15(16-6-4-11-29-16)24-19-17-14(2)18(30-20(17)23-12-22-19)21(28)26-8-5-7-25(13-27)9-10-26/h4,6,11-13,15H,3,5,7-10H2,1-2H3,(H,22,23,24). The van der Waals surface area contributed by atoms with Crippen LogP contribution in [0.15, 0.2) is 23.8 Å². The zero-order chi connectivity index (χ0) is 21.1. The van der Waals surface area contributed by atoms with Crippen LogP contribution in [0.3, 0.4) is 0 Å². The zero-order valence-electron chi connectivity index (χ0n) is 17.1. The molecule has 0 spiro atoms. The van der Waals surface area contributed by atoms with Crippen LogP contribution in [0.5, 0.6) is 0 Å². The third kappa shape index (κ3) is 4.04. The lowest BCUT2D eigenvalue weighted by Crippen LogP contribution is -2.34. The number of carbonyl (C=O) groups is 2. The fourth-order valence-electron chi connectivity index (χ4n) is 3.80. The molecule has 0 bridgehead atoms. The summed E-state index contributed by atoms with van der Waals surface area (Å²) < 4.78 is 0. The molecule has 158 valence electrons. The summed E-state index contributed by atoms with van der Waals surface area (Å²) in [6, 6.07) is 4.35. The highest BCUT2D eigenvalue weighted by molar-refractivity contribution is 7.20. The van der Waals surface area contributed by atoms with Gasteiger partial charge in [-0.2, -0.15) is 0 Å². The topological polar surface area (TPSA) is 78.4 Å². The molecule has 1 aliphatic heterocycles. The van der Waals surface area contributed by atoms with Gasteiger partial charge in [0, 0.05) is 31.1 Å². The van der Waals surface area contributed by atoms with Gasteiger partial charge >= 0.3 is 0 Å². The monoisotopic (exact) mass is 443 g/mol. The molecule has 4 heterocycles. The first-order chi connectivity index (χ1) is 14.6. The fourth-order valence-corrected chi connectivity index (χ4v) is 5.78. The number of hydrogen-bond donors (Lipinski definition) is 1. The van der Waals surface area contributed by atoms with Crippen LogP contribution < -0.4 is 5.32 Å². The van der Waals surface area contributed by atoms with Crippen LogP contribution in [0.4, 0.5) is 5.82 Å². The number of aryl methyl sites for hydroxylation is 1. The van der Waals surface area contributed by atoms with Crippen molar-refractivity contribution in [2.24, 2.45) is 0 Å². The Bertz CT molecular complexity index is 1030. The predicted molar refractivity (Wildman–Crippen MR) is 121 cm³/mol. The Morgan fingerprint density at radius 2 is 2.17 bits per heavy atom. The molecule has 3 aromatic rings. The molecule has 1 saturated heterocycles. The first-order valence-corrected chi connectivity index (χ1v) is 11.8. The van der Waals surface area contributed by atoms with Gasteiger partial charge in [-0.15, -0.1) is 22.7 Å². The number of amides is 2. The number of nitrogens with one attached hydrogen (secondary N) is 1. The smallest absolute Gasteiger partial charge is 0.264 e. The number of anilines is 1. The van der Waals surface area contributed by atoms with Crippen molar-refractivity contribution in [1.82, 2.24) is 19.8 Å². The van der Waals surface area contributed by atoms with Gasteiger partial charge in [0.15, 0.2) is 0 Å². The number of carbonyl (C=O) groups excluding carboxylic acids is 2. The van der Waals surface area contributed by atoms with Crippen molar-refractivity contribution >= 4 is 51.0 Å². The van der Waals surface area contributed by atoms with E-state index in [0.717, 1.165) is 40.8 Å². The summed E-state index contributed by atoms with van der Waals surface area (Å²) in [6.45, 7) is 6.60. The third-order valence-corrected chi connectivity index (χ3v) is 7.67. The predicted octanol–water partition coefficient (Wildman–Crippen LogP) is 3.93. The van der Waals surface area contributed by atoms with E-state index < -0.39 is 0 Å². The molecule has 0 radical (unpaired) electrons. The summed E-state index contributed by atoms with van der Waals surface area (Å²) >= 11 is 3.15. The molecule has 0 saturated carbocycles. The summed E-state index contributed by atoms with van der Waals surface area (Å²) in [5.41, 5.74) is 0.917. The van der Waals surface area contributed by atoms with Crippen molar-refractivity contribution in [2.45, 2.75) is 32.7 Å². The van der Waals surface area contributed by atoms with E-state index in [2.05, 4.69) is 39.7 Å². The van der Waals surface area contributed by atoms with E-state index in [1.54, 1.807) is 22.6 Å². The van der Waals surface area contributed by atoms with Gasteiger partial charge in [-0.1, -0.05) is 13.0 Å². The van der Waals surface area contributed by atoms with E-state index in [9.17, 15) is 9.59 Å². The second-order valence-corrected chi connectivity index (χ2v) is 9.34. The Hall–Kier alpha value is -2.52. The average Bonchev–Trinajstić information content (AvgIpc) is 3.34. The summed E-state index contributed by atoms with van der Waals surface area (Å²) in [4.78, 5) is 39.7. The quantitative estimate of drug-likeness (QED) is 0.584. The first-order valence-electron chi connectivity index (χ1n) is 10.1. The van der Waals surface area contributed by atoms with Crippen molar-refractivity contribution in [2.75, 3.05) is 31.5 Å². The van der Waals surface area contributed by atoms with E-state index in [0.29, 0.717) is 31.1 Å². The van der Waals surface area contributed by atoms with Crippen LogP contribution in [0.2, 0.25) is 0 Å². The van der Waals surface area contributed by atoms with Gasteiger partial charge in [-0.3, -0.25) is 9.59 Å². The molecule has 3 aromatic heterocycles. The molecule has 1 aliphatic rings. The minimum atomic E-state index is 0.0134. The van der Waals surface area contributed by atoms with Gasteiger partial charge < -0.3 is 15.1 Å². The van der Waals surface area contributed by atoms with E-state index in [-0.39, 0.29) is 11.9 Å². The third-order valence-electron chi connectivity index (χ3n) is 5.49. The number of hydrogen-bond acceptors (Lipinski definition) is 7. The second kappa shape index (κ2) is 9.09. The van der Waals surface area contributed by atoms with Gasteiger partial charge in [0.25, 0.3) is 5.91 Å². The minimum Gasteiger partial charge on any atom is -0.362 e. The van der Waals surface area contributed by atoms with Gasteiger partial charge in [-0.05, 0) is 36.8 Å². The fraction of sp³-hybridized carbons (Fsp3) is 0.429. The highest BCUT2D eigenvalue weighted by Crippen LogP contribution is 2.36. The number of thiophene rings is 2. The number of nitrogens with zero attached hydrogens (tertiary/aromatic N) is 4. The van der Waals surface area contributed by atoms with Crippen molar-refractivity contribution in [3.05, 3.63) is 39.2 Å². The summed E-state index contributed by atoms with van der Waals surface area (Å²) in [5, 5.41) is 6.57. The Morgan fingerprint density at radius 1 is 1.30 bits per heavy atom.